The highest BCUT2D eigenvalue weighted by Gasteiger charge is 2.16. The van der Waals surface area contributed by atoms with Gasteiger partial charge in [0.15, 0.2) is 0 Å². The summed E-state index contributed by atoms with van der Waals surface area (Å²) in [6, 6.07) is 10.3. The van der Waals surface area contributed by atoms with E-state index in [1.54, 1.807) is 25.3 Å². The van der Waals surface area contributed by atoms with Crippen molar-refractivity contribution in [3.63, 3.8) is 0 Å². The molecule has 2 rings (SSSR count). The lowest BCUT2D eigenvalue weighted by Gasteiger charge is -2.26. The molecule has 0 radical (unpaired) electrons. The van der Waals surface area contributed by atoms with Crippen molar-refractivity contribution in [2.45, 2.75) is 26.0 Å². The van der Waals surface area contributed by atoms with Crippen LogP contribution in [0.5, 0.6) is 0 Å². The van der Waals surface area contributed by atoms with Gasteiger partial charge in [-0.05, 0) is 31.5 Å². The van der Waals surface area contributed by atoms with E-state index >= 15 is 0 Å². The molecule has 2 atom stereocenters. The average molecular weight is 274 g/mol. The second-order valence-electron chi connectivity index (χ2n) is 4.93. The van der Waals surface area contributed by atoms with Crippen LogP contribution in [-0.4, -0.2) is 17.1 Å². The fourth-order valence-corrected chi connectivity index (χ4v) is 2.07. The molecule has 3 nitrogen and oxygen atoms in total. The number of anilines is 1. The molecule has 4 heteroatoms. The van der Waals surface area contributed by atoms with E-state index < -0.39 is 6.10 Å². The van der Waals surface area contributed by atoms with Crippen molar-refractivity contribution in [1.82, 2.24) is 4.98 Å². The number of nitrogens with zero attached hydrogens (tertiary/aromatic N) is 2. The van der Waals surface area contributed by atoms with Crippen molar-refractivity contribution in [3.8, 4) is 0 Å². The van der Waals surface area contributed by atoms with Crippen LogP contribution in [0.4, 0.5) is 10.2 Å². The summed E-state index contributed by atoms with van der Waals surface area (Å²) < 4.78 is 13.8. The summed E-state index contributed by atoms with van der Waals surface area (Å²) in [4.78, 5) is 6.23. The summed E-state index contributed by atoms with van der Waals surface area (Å²) in [6.07, 6.45) is 1.11. The molecule has 1 aromatic heterocycles. The van der Waals surface area contributed by atoms with Gasteiger partial charge < -0.3 is 10.0 Å². The molecule has 20 heavy (non-hydrogen) atoms. The molecule has 2 unspecified atom stereocenters. The third-order valence-electron chi connectivity index (χ3n) is 3.55. The van der Waals surface area contributed by atoms with Crippen LogP contribution in [0, 0.1) is 5.82 Å². The lowest BCUT2D eigenvalue weighted by Crippen LogP contribution is -2.23. The first-order chi connectivity index (χ1) is 9.50. The van der Waals surface area contributed by atoms with Gasteiger partial charge in [-0.2, -0.15) is 0 Å². The predicted molar refractivity (Wildman–Crippen MR) is 78.1 cm³/mol. The predicted octanol–water partition coefficient (Wildman–Crippen LogP) is 3.47. The third kappa shape index (κ3) is 2.96. The van der Waals surface area contributed by atoms with Crippen LogP contribution in [0.3, 0.4) is 0 Å². The molecular weight excluding hydrogens is 255 g/mol. The van der Waals surface area contributed by atoms with Gasteiger partial charge in [-0.3, -0.25) is 0 Å². The van der Waals surface area contributed by atoms with E-state index in [4.69, 9.17) is 0 Å². The molecule has 0 saturated carbocycles. The van der Waals surface area contributed by atoms with Crippen LogP contribution in [0.1, 0.15) is 37.1 Å². The second kappa shape index (κ2) is 6.01. The monoisotopic (exact) mass is 274 g/mol. The highest BCUT2D eigenvalue weighted by Crippen LogP contribution is 2.26. The SMILES string of the molecule is CC(O)c1ccc(N(C)C(C)c2ccccc2F)nc1. The minimum absolute atomic E-state index is 0.124. The van der Waals surface area contributed by atoms with E-state index in [1.165, 1.54) is 6.07 Å². The number of aromatic nitrogens is 1. The third-order valence-corrected chi connectivity index (χ3v) is 3.55. The molecule has 0 aliphatic heterocycles. The van der Waals surface area contributed by atoms with Crippen LogP contribution < -0.4 is 4.90 Å². The average Bonchev–Trinajstić information content (AvgIpc) is 2.46. The molecule has 0 saturated heterocycles. The molecule has 2 aromatic rings. The maximum absolute atomic E-state index is 13.8. The Morgan fingerprint density at radius 1 is 1.15 bits per heavy atom. The fraction of sp³-hybridized carbons (Fsp3) is 0.312. The lowest BCUT2D eigenvalue weighted by atomic mass is 10.1. The van der Waals surface area contributed by atoms with Crippen molar-refractivity contribution in [3.05, 3.63) is 59.5 Å². The number of rotatable bonds is 4. The van der Waals surface area contributed by atoms with Gasteiger partial charge in [-0.1, -0.05) is 24.3 Å². The first kappa shape index (κ1) is 14.5. The summed E-state index contributed by atoms with van der Waals surface area (Å²) in [5, 5.41) is 9.47. The highest BCUT2D eigenvalue weighted by molar-refractivity contribution is 5.42. The maximum atomic E-state index is 13.8. The summed E-state index contributed by atoms with van der Waals surface area (Å²) in [6.45, 7) is 3.63. The summed E-state index contributed by atoms with van der Waals surface area (Å²) in [7, 11) is 1.88. The van der Waals surface area contributed by atoms with E-state index in [2.05, 4.69) is 4.98 Å². The van der Waals surface area contributed by atoms with E-state index in [1.807, 2.05) is 37.1 Å². The van der Waals surface area contributed by atoms with E-state index in [0.717, 1.165) is 11.4 Å². The summed E-state index contributed by atoms with van der Waals surface area (Å²) >= 11 is 0. The zero-order valence-corrected chi connectivity index (χ0v) is 11.9. The van der Waals surface area contributed by atoms with Crippen molar-refractivity contribution >= 4 is 5.82 Å². The number of hydrogen-bond donors (Lipinski definition) is 1. The van der Waals surface area contributed by atoms with Crippen LogP contribution in [0.25, 0.3) is 0 Å². The standard InChI is InChI=1S/C16H19FN2O/c1-11(14-6-4-5-7-15(14)17)19(3)16-9-8-13(10-18-16)12(2)20/h4-12,20H,1-3H3. The van der Waals surface area contributed by atoms with Crippen LogP contribution >= 0.6 is 0 Å². The molecule has 0 aliphatic carbocycles. The topological polar surface area (TPSA) is 36.4 Å². The number of aliphatic hydroxyl groups excluding tert-OH is 1. The van der Waals surface area contributed by atoms with Gasteiger partial charge in [0.05, 0.1) is 12.1 Å². The van der Waals surface area contributed by atoms with Gasteiger partial charge in [0.1, 0.15) is 11.6 Å². The normalized spacial score (nSPS) is 13.8. The molecule has 0 bridgehead atoms. The maximum Gasteiger partial charge on any atom is 0.128 e. The molecule has 1 aromatic carbocycles. The van der Waals surface area contributed by atoms with Crippen molar-refractivity contribution < 1.29 is 9.50 Å². The number of halogens is 1. The Balaban J connectivity index is 2.22. The molecular formula is C16H19FN2O. The van der Waals surface area contributed by atoms with Gasteiger partial charge in [0.2, 0.25) is 0 Å². The summed E-state index contributed by atoms with van der Waals surface area (Å²) in [5.41, 5.74) is 1.40. The Morgan fingerprint density at radius 3 is 2.40 bits per heavy atom. The largest absolute Gasteiger partial charge is 0.389 e. The quantitative estimate of drug-likeness (QED) is 0.927. The Kier molecular flexibility index (Phi) is 4.35. The number of benzene rings is 1. The van der Waals surface area contributed by atoms with E-state index in [-0.39, 0.29) is 11.9 Å². The van der Waals surface area contributed by atoms with Gasteiger partial charge in [-0.25, -0.2) is 9.37 Å². The second-order valence-corrected chi connectivity index (χ2v) is 4.93. The Morgan fingerprint density at radius 2 is 1.85 bits per heavy atom. The van der Waals surface area contributed by atoms with Gasteiger partial charge in [0, 0.05) is 18.8 Å². The zero-order chi connectivity index (χ0) is 14.7. The number of aliphatic hydroxyl groups is 1. The number of hydrogen-bond acceptors (Lipinski definition) is 3. The Hall–Kier alpha value is -1.94. The molecule has 0 spiro atoms. The Bertz CT molecular complexity index is 569. The Labute approximate surface area is 118 Å². The van der Waals surface area contributed by atoms with Crippen molar-refractivity contribution in [2.75, 3.05) is 11.9 Å². The van der Waals surface area contributed by atoms with Gasteiger partial charge in [-0.15, -0.1) is 0 Å². The molecule has 0 fully saturated rings. The minimum Gasteiger partial charge on any atom is -0.389 e. The van der Waals surface area contributed by atoms with Crippen LogP contribution in [0.15, 0.2) is 42.6 Å². The van der Waals surface area contributed by atoms with Crippen molar-refractivity contribution in [2.24, 2.45) is 0 Å². The van der Waals surface area contributed by atoms with Gasteiger partial charge >= 0.3 is 0 Å². The zero-order valence-electron chi connectivity index (χ0n) is 11.9. The first-order valence-corrected chi connectivity index (χ1v) is 6.62. The molecule has 0 amide bonds. The summed E-state index contributed by atoms with van der Waals surface area (Å²) in [5.74, 6) is 0.526. The highest BCUT2D eigenvalue weighted by atomic mass is 19.1. The number of pyridine rings is 1. The smallest absolute Gasteiger partial charge is 0.128 e. The molecule has 1 N–H and O–H groups in total. The van der Waals surface area contributed by atoms with E-state index in [9.17, 15) is 9.50 Å². The van der Waals surface area contributed by atoms with Crippen LogP contribution in [0.2, 0.25) is 0 Å². The van der Waals surface area contributed by atoms with Crippen LogP contribution in [-0.2, 0) is 0 Å². The van der Waals surface area contributed by atoms with E-state index in [0.29, 0.717) is 5.56 Å². The molecule has 0 aliphatic rings. The minimum atomic E-state index is -0.536. The molecule has 1 heterocycles. The first-order valence-electron chi connectivity index (χ1n) is 6.62. The van der Waals surface area contributed by atoms with Gasteiger partial charge in [0.25, 0.3) is 0 Å². The molecule has 106 valence electrons. The lowest BCUT2D eigenvalue weighted by molar-refractivity contribution is 0.199. The fourth-order valence-electron chi connectivity index (χ4n) is 2.07. The van der Waals surface area contributed by atoms with Crippen molar-refractivity contribution in [1.29, 1.82) is 0 Å².